The number of nitrogens with zero attached hydrogens (tertiary/aromatic N) is 2. The van der Waals surface area contributed by atoms with Crippen molar-refractivity contribution in [3.05, 3.63) is 24.3 Å². The maximum absolute atomic E-state index is 12.3. The lowest BCUT2D eigenvalue weighted by Gasteiger charge is -2.06. The van der Waals surface area contributed by atoms with E-state index in [1.54, 1.807) is 11.8 Å². The Bertz CT molecular complexity index is 772. The minimum absolute atomic E-state index is 0.0876. The third-order valence-corrected chi connectivity index (χ3v) is 6.20. The molecule has 1 aromatic heterocycles. The van der Waals surface area contributed by atoms with Gasteiger partial charge in [-0.05, 0) is 30.7 Å². The summed E-state index contributed by atoms with van der Waals surface area (Å²) in [5, 5.41) is 10.6. The molecule has 1 heterocycles. The lowest BCUT2D eigenvalue weighted by atomic mass is 10.3. The molecule has 0 aliphatic rings. The summed E-state index contributed by atoms with van der Waals surface area (Å²) in [6.07, 6.45) is 1.01. The van der Waals surface area contributed by atoms with Crippen LogP contribution in [0.25, 0.3) is 0 Å². The van der Waals surface area contributed by atoms with Crippen LogP contribution in [0.5, 0.6) is 0 Å². The van der Waals surface area contributed by atoms with E-state index in [9.17, 15) is 13.2 Å². The summed E-state index contributed by atoms with van der Waals surface area (Å²) < 4.78 is 27.7. The number of hydrogen-bond donors (Lipinski definition) is 2. The van der Waals surface area contributed by atoms with Crippen molar-refractivity contribution in [3.63, 3.8) is 0 Å². The predicted molar refractivity (Wildman–Crippen MR) is 92.5 cm³/mol. The Morgan fingerprint density at radius 3 is 2.57 bits per heavy atom. The average molecular weight is 372 g/mol. The molecule has 0 unspecified atom stereocenters. The molecule has 0 saturated carbocycles. The molecule has 2 rings (SSSR count). The Hall–Kier alpha value is -1.65. The van der Waals surface area contributed by atoms with Crippen LogP contribution >= 0.6 is 23.1 Å². The second-order valence-corrected chi connectivity index (χ2v) is 8.53. The molecule has 124 valence electrons. The summed E-state index contributed by atoms with van der Waals surface area (Å²) in [5.41, 5.74) is 0.533. The quantitative estimate of drug-likeness (QED) is 0.725. The largest absolute Gasteiger partial charge is 0.326 e. The summed E-state index contributed by atoms with van der Waals surface area (Å²) in [5.74, 6) is 0.691. The topological polar surface area (TPSA) is 101 Å². The standard InChI is InChI=1S/C13H16N4O3S3/c1-3-8-21-13-16-15-12(22-13)17-23(19,20)11-6-4-10(5-7-11)14-9(2)18/h4-7H,3,8H2,1-2H3,(H,14,18)(H,15,17). The Labute approximate surface area is 143 Å². The number of carbonyl (C=O) groups is 1. The van der Waals surface area contributed by atoms with Crippen LogP contribution in [0.4, 0.5) is 10.8 Å². The number of benzene rings is 1. The Morgan fingerprint density at radius 1 is 1.26 bits per heavy atom. The molecule has 1 amide bonds. The van der Waals surface area contributed by atoms with Crippen molar-refractivity contribution in [2.45, 2.75) is 29.5 Å². The molecule has 0 aliphatic carbocycles. The fraction of sp³-hybridized carbons (Fsp3) is 0.308. The molecule has 0 saturated heterocycles. The van der Waals surface area contributed by atoms with Gasteiger partial charge in [-0.3, -0.25) is 9.52 Å². The first-order chi connectivity index (χ1) is 10.9. The van der Waals surface area contributed by atoms with Crippen LogP contribution in [0.2, 0.25) is 0 Å². The molecule has 0 fully saturated rings. The van der Waals surface area contributed by atoms with Gasteiger partial charge in [0.2, 0.25) is 11.0 Å². The van der Waals surface area contributed by atoms with E-state index in [0.29, 0.717) is 5.69 Å². The first-order valence-corrected chi connectivity index (χ1v) is 10.1. The summed E-state index contributed by atoms with van der Waals surface area (Å²) >= 11 is 2.74. The molecule has 23 heavy (non-hydrogen) atoms. The van der Waals surface area contributed by atoms with Crippen molar-refractivity contribution in [1.29, 1.82) is 0 Å². The number of nitrogens with one attached hydrogen (secondary N) is 2. The van der Waals surface area contributed by atoms with Gasteiger partial charge in [-0.25, -0.2) is 8.42 Å². The van der Waals surface area contributed by atoms with Gasteiger partial charge in [0.1, 0.15) is 0 Å². The molecule has 7 nitrogen and oxygen atoms in total. The molecule has 0 spiro atoms. The van der Waals surface area contributed by atoms with E-state index < -0.39 is 10.0 Å². The average Bonchev–Trinajstić information content (AvgIpc) is 2.92. The van der Waals surface area contributed by atoms with Crippen molar-refractivity contribution >= 4 is 49.8 Å². The van der Waals surface area contributed by atoms with Crippen LogP contribution in [0.3, 0.4) is 0 Å². The predicted octanol–water partition coefficient (Wildman–Crippen LogP) is 2.80. The van der Waals surface area contributed by atoms with Crippen molar-refractivity contribution in [2.24, 2.45) is 0 Å². The minimum Gasteiger partial charge on any atom is -0.326 e. The molecule has 0 radical (unpaired) electrons. The van der Waals surface area contributed by atoms with Gasteiger partial charge in [0, 0.05) is 18.4 Å². The summed E-state index contributed by atoms with van der Waals surface area (Å²) in [6, 6.07) is 5.89. The Morgan fingerprint density at radius 2 is 1.96 bits per heavy atom. The van der Waals surface area contributed by atoms with Gasteiger partial charge in [-0.2, -0.15) is 0 Å². The van der Waals surface area contributed by atoms with Crippen LogP contribution < -0.4 is 10.0 Å². The second-order valence-electron chi connectivity index (χ2n) is 4.53. The number of carbonyl (C=O) groups excluding carboxylic acids is 1. The monoisotopic (exact) mass is 372 g/mol. The van der Waals surface area contributed by atoms with Crippen LogP contribution in [0.1, 0.15) is 20.3 Å². The number of rotatable bonds is 7. The highest BCUT2D eigenvalue weighted by Crippen LogP contribution is 2.27. The third kappa shape index (κ3) is 5.19. The Kier molecular flexibility index (Phi) is 5.97. The number of anilines is 2. The third-order valence-electron chi connectivity index (χ3n) is 2.54. The van der Waals surface area contributed by atoms with E-state index in [4.69, 9.17) is 0 Å². The zero-order valence-corrected chi connectivity index (χ0v) is 15.0. The SMILES string of the molecule is CCCSc1nnc(NS(=O)(=O)c2ccc(NC(C)=O)cc2)s1. The Balaban J connectivity index is 2.09. The minimum atomic E-state index is -3.73. The van der Waals surface area contributed by atoms with E-state index in [1.807, 2.05) is 0 Å². The highest BCUT2D eigenvalue weighted by molar-refractivity contribution is 8.01. The molecule has 10 heteroatoms. The fourth-order valence-corrected chi connectivity index (χ4v) is 4.50. The molecular formula is C13H16N4O3S3. The maximum atomic E-state index is 12.3. The van der Waals surface area contributed by atoms with Gasteiger partial charge >= 0.3 is 0 Å². The van der Waals surface area contributed by atoms with Gasteiger partial charge in [0.15, 0.2) is 4.34 Å². The van der Waals surface area contributed by atoms with E-state index in [1.165, 1.54) is 42.5 Å². The number of sulfonamides is 1. The van der Waals surface area contributed by atoms with Crippen LogP contribution in [-0.4, -0.2) is 30.3 Å². The van der Waals surface area contributed by atoms with Gasteiger partial charge < -0.3 is 5.32 Å². The summed E-state index contributed by atoms with van der Waals surface area (Å²) in [4.78, 5) is 11.0. The second kappa shape index (κ2) is 7.75. The first-order valence-electron chi connectivity index (χ1n) is 6.77. The van der Waals surface area contributed by atoms with Crippen molar-refractivity contribution in [2.75, 3.05) is 15.8 Å². The van der Waals surface area contributed by atoms with Crippen LogP contribution in [-0.2, 0) is 14.8 Å². The zero-order valence-electron chi connectivity index (χ0n) is 12.6. The molecule has 0 bridgehead atoms. The van der Waals surface area contributed by atoms with Crippen molar-refractivity contribution in [1.82, 2.24) is 10.2 Å². The highest BCUT2D eigenvalue weighted by Gasteiger charge is 2.17. The van der Waals surface area contributed by atoms with Gasteiger partial charge in [-0.1, -0.05) is 30.0 Å². The first kappa shape index (κ1) is 17.7. The lowest BCUT2D eigenvalue weighted by molar-refractivity contribution is -0.114. The van der Waals surface area contributed by atoms with E-state index in [2.05, 4.69) is 27.2 Å². The number of hydrogen-bond acceptors (Lipinski definition) is 7. The van der Waals surface area contributed by atoms with Gasteiger partial charge in [0.05, 0.1) is 4.90 Å². The lowest BCUT2D eigenvalue weighted by Crippen LogP contribution is -2.13. The summed E-state index contributed by atoms with van der Waals surface area (Å²) in [6.45, 7) is 3.44. The van der Waals surface area contributed by atoms with E-state index in [0.717, 1.165) is 16.5 Å². The fourth-order valence-electron chi connectivity index (χ4n) is 1.59. The van der Waals surface area contributed by atoms with E-state index in [-0.39, 0.29) is 15.9 Å². The molecule has 2 N–H and O–H groups in total. The molecule has 0 aliphatic heterocycles. The molecular weight excluding hydrogens is 356 g/mol. The number of thioether (sulfide) groups is 1. The van der Waals surface area contributed by atoms with E-state index >= 15 is 0 Å². The highest BCUT2D eigenvalue weighted by atomic mass is 32.2. The van der Waals surface area contributed by atoms with Gasteiger partial charge in [0.25, 0.3) is 10.0 Å². The molecule has 2 aromatic rings. The molecule has 0 atom stereocenters. The van der Waals surface area contributed by atoms with Crippen LogP contribution in [0, 0.1) is 0 Å². The van der Waals surface area contributed by atoms with Crippen molar-refractivity contribution in [3.8, 4) is 0 Å². The smallest absolute Gasteiger partial charge is 0.263 e. The number of amides is 1. The zero-order chi connectivity index (χ0) is 16.9. The van der Waals surface area contributed by atoms with Gasteiger partial charge in [-0.15, -0.1) is 10.2 Å². The van der Waals surface area contributed by atoms with Crippen LogP contribution in [0.15, 0.2) is 33.5 Å². The van der Waals surface area contributed by atoms with Crippen molar-refractivity contribution < 1.29 is 13.2 Å². The summed E-state index contributed by atoms with van der Waals surface area (Å²) in [7, 11) is -3.73. The number of aromatic nitrogens is 2. The maximum Gasteiger partial charge on any atom is 0.263 e. The normalized spacial score (nSPS) is 11.2. The molecule has 1 aromatic carbocycles.